The van der Waals surface area contributed by atoms with Gasteiger partial charge in [-0.3, -0.25) is 0 Å². The van der Waals surface area contributed by atoms with E-state index in [2.05, 4.69) is 0 Å². The second kappa shape index (κ2) is 7.24. The van der Waals surface area contributed by atoms with E-state index in [4.69, 9.17) is 0 Å². The molecule has 2 rings (SSSR count). The van der Waals surface area contributed by atoms with Gasteiger partial charge in [0.15, 0.2) is 0 Å². The zero-order valence-electron chi connectivity index (χ0n) is 15.1. The zero-order chi connectivity index (χ0) is 17.9. The summed E-state index contributed by atoms with van der Waals surface area (Å²) in [4.78, 5) is 27.5. The molecule has 0 bridgehead atoms. The number of amides is 2. The molecular formula is C19H28N2O3. The maximum atomic E-state index is 12.5. The molecule has 1 aromatic carbocycles. The highest BCUT2D eigenvalue weighted by Crippen LogP contribution is 2.25. The molecule has 1 saturated heterocycles. The largest absolute Gasteiger partial charge is 0.478 e. The van der Waals surface area contributed by atoms with Gasteiger partial charge in [-0.25, -0.2) is 9.59 Å². The van der Waals surface area contributed by atoms with Gasteiger partial charge in [0.05, 0.1) is 5.56 Å². The van der Waals surface area contributed by atoms with Crippen LogP contribution in [0.2, 0.25) is 0 Å². The van der Waals surface area contributed by atoms with Crippen LogP contribution in [0.3, 0.4) is 0 Å². The highest BCUT2D eigenvalue weighted by atomic mass is 16.4. The standard InChI is InChI=1S/C19H28N2O3/c1-19(2,3)20(4)18(24)21-11-9-14(10-12-21)13-15-7-5-6-8-16(15)17(22)23/h5-8,14H,9-13H2,1-4H3,(H,22,23). The highest BCUT2D eigenvalue weighted by molar-refractivity contribution is 5.89. The van der Waals surface area contributed by atoms with Crippen LogP contribution >= 0.6 is 0 Å². The number of hydrogen-bond donors (Lipinski definition) is 1. The number of nitrogens with zero attached hydrogens (tertiary/aromatic N) is 2. The number of carboxylic acid groups (broad SMARTS) is 1. The SMILES string of the molecule is CN(C(=O)N1CCC(Cc2ccccc2C(=O)O)CC1)C(C)(C)C. The second-order valence-electron chi connectivity index (χ2n) is 7.61. The Balaban J connectivity index is 1.94. The maximum absolute atomic E-state index is 12.5. The molecule has 24 heavy (non-hydrogen) atoms. The topological polar surface area (TPSA) is 60.9 Å². The Morgan fingerprint density at radius 2 is 1.79 bits per heavy atom. The molecule has 0 aromatic heterocycles. The molecule has 0 spiro atoms. The molecule has 2 amide bonds. The average Bonchev–Trinajstić information content (AvgIpc) is 2.53. The van der Waals surface area contributed by atoms with Crippen molar-refractivity contribution >= 4 is 12.0 Å². The van der Waals surface area contributed by atoms with Crippen LogP contribution in [0.4, 0.5) is 4.79 Å². The quantitative estimate of drug-likeness (QED) is 0.921. The Labute approximate surface area is 144 Å². The zero-order valence-corrected chi connectivity index (χ0v) is 15.1. The van der Waals surface area contributed by atoms with E-state index in [9.17, 15) is 14.7 Å². The molecule has 5 nitrogen and oxygen atoms in total. The Morgan fingerprint density at radius 3 is 2.33 bits per heavy atom. The van der Waals surface area contributed by atoms with Gasteiger partial charge in [0.25, 0.3) is 0 Å². The van der Waals surface area contributed by atoms with Gasteiger partial charge in [0.2, 0.25) is 0 Å². The summed E-state index contributed by atoms with van der Waals surface area (Å²) in [5, 5.41) is 9.29. The summed E-state index contributed by atoms with van der Waals surface area (Å²) >= 11 is 0. The number of carbonyl (C=O) groups excluding carboxylic acids is 1. The van der Waals surface area contributed by atoms with Gasteiger partial charge in [-0.1, -0.05) is 18.2 Å². The molecule has 0 atom stereocenters. The van der Waals surface area contributed by atoms with Crippen molar-refractivity contribution in [3.8, 4) is 0 Å². The molecule has 1 aliphatic heterocycles. The van der Waals surface area contributed by atoms with E-state index in [1.54, 1.807) is 17.0 Å². The van der Waals surface area contributed by atoms with Crippen molar-refractivity contribution in [1.29, 1.82) is 0 Å². The maximum Gasteiger partial charge on any atom is 0.335 e. The summed E-state index contributed by atoms with van der Waals surface area (Å²) in [7, 11) is 1.84. The van der Waals surface area contributed by atoms with Gasteiger partial charge in [-0.15, -0.1) is 0 Å². The Morgan fingerprint density at radius 1 is 1.21 bits per heavy atom. The lowest BCUT2D eigenvalue weighted by atomic mass is 9.88. The van der Waals surface area contributed by atoms with Gasteiger partial charge >= 0.3 is 12.0 Å². The van der Waals surface area contributed by atoms with Crippen molar-refractivity contribution in [2.45, 2.75) is 45.6 Å². The summed E-state index contributed by atoms with van der Waals surface area (Å²) in [6, 6.07) is 7.28. The molecule has 132 valence electrons. The van der Waals surface area contributed by atoms with E-state index in [-0.39, 0.29) is 11.6 Å². The lowest BCUT2D eigenvalue weighted by molar-refractivity contribution is 0.0695. The summed E-state index contributed by atoms with van der Waals surface area (Å²) in [6.07, 6.45) is 2.59. The van der Waals surface area contributed by atoms with Gasteiger partial charge in [-0.05, 0) is 57.6 Å². The third kappa shape index (κ3) is 4.28. The minimum atomic E-state index is -0.870. The Hall–Kier alpha value is -2.04. The number of benzene rings is 1. The number of carbonyl (C=O) groups is 2. The number of aromatic carboxylic acids is 1. The molecule has 1 aliphatic rings. The van der Waals surface area contributed by atoms with Crippen LogP contribution in [0.15, 0.2) is 24.3 Å². The number of carboxylic acids is 1. The van der Waals surface area contributed by atoms with Crippen LogP contribution in [0, 0.1) is 5.92 Å². The number of likely N-dealkylation sites (tertiary alicyclic amines) is 1. The molecule has 0 unspecified atom stereocenters. The van der Waals surface area contributed by atoms with Gasteiger partial charge in [0, 0.05) is 25.7 Å². The second-order valence-corrected chi connectivity index (χ2v) is 7.61. The van der Waals surface area contributed by atoms with E-state index in [1.807, 2.05) is 44.9 Å². The normalized spacial score (nSPS) is 16.1. The van der Waals surface area contributed by atoms with Crippen LogP contribution in [0.5, 0.6) is 0 Å². The molecule has 5 heteroatoms. The lowest BCUT2D eigenvalue weighted by Gasteiger charge is -2.39. The van der Waals surface area contributed by atoms with Crippen molar-refractivity contribution in [2.24, 2.45) is 5.92 Å². The Kier molecular flexibility index (Phi) is 5.52. The van der Waals surface area contributed by atoms with Crippen LogP contribution in [-0.2, 0) is 6.42 Å². The van der Waals surface area contributed by atoms with Crippen molar-refractivity contribution in [3.63, 3.8) is 0 Å². The fraction of sp³-hybridized carbons (Fsp3) is 0.579. The first-order valence-electron chi connectivity index (χ1n) is 8.54. The number of rotatable bonds is 3. The first-order valence-corrected chi connectivity index (χ1v) is 8.54. The number of piperidine rings is 1. The summed E-state index contributed by atoms with van der Waals surface area (Å²) < 4.78 is 0. The van der Waals surface area contributed by atoms with Crippen molar-refractivity contribution < 1.29 is 14.7 Å². The van der Waals surface area contributed by atoms with E-state index in [1.165, 1.54) is 0 Å². The predicted molar refractivity (Wildman–Crippen MR) is 94.3 cm³/mol. The van der Waals surface area contributed by atoms with E-state index >= 15 is 0 Å². The molecular weight excluding hydrogens is 304 g/mol. The molecule has 0 aliphatic carbocycles. The van der Waals surface area contributed by atoms with Crippen molar-refractivity contribution in [2.75, 3.05) is 20.1 Å². The third-order valence-electron chi connectivity index (χ3n) is 4.93. The van der Waals surface area contributed by atoms with Gasteiger partial charge in [-0.2, -0.15) is 0 Å². The highest BCUT2D eigenvalue weighted by Gasteiger charge is 2.30. The minimum Gasteiger partial charge on any atom is -0.478 e. The molecule has 1 fully saturated rings. The fourth-order valence-corrected chi connectivity index (χ4v) is 3.05. The third-order valence-corrected chi connectivity index (χ3v) is 4.93. The van der Waals surface area contributed by atoms with Crippen LogP contribution in [0.1, 0.15) is 49.5 Å². The van der Waals surface area contributed by atoms with Crippen LogP contribution < -0.4 is 0 Å². The van der Waals surface area contributed by atoms with Crippen LogP contribution in [0.25, 0.3) is 0 Å². The molecule has 1 heterocycles. The van der Waals surface area contributed by atoms with Crippen molar-refractivity contribution in [3.05, 3.63) is 35.4 Å². The van der Waals surface area contributed by atoms with Crippen LogP contribution in [-0.4, -0.2) is 52.6 Å². The van der Waals surface area contributed by atoms with E-state index < -0.39 is 5.97 Å². The first kappa shape index (κ1) is 18.3. The number of urea groups is 1. The smallest absolute Gasteiger partial charge is 0.335 e. The first-order chi connectivity index (χ1) is 11.2. The van der Waals surface area contributed by atoms with Crippen molar-refractivity contribution in [1.82, 2.24) is 9.80 Å². The van der Waals surface area contributed by atoms with Gasteiger partial charge < -0.3 is 14.9 Å². The fourth-order valence-electron chi connectivity index (χ4n) is 3.05. The monoisotopic (exact) mass is 332 g/mol. The summed E-state index contributed by atoms with van der Waals surface area (Å²) in [5.74, 6) is -0.445. The average molecular weight is 332 g/mol. The predicted octanol–water partition coefficient (Wildman–Crippen LogP) is 3.49. The molecule has 1 N–H and O–H groups in total. The molecule has 0 radical (unpaired) electrons. The lowest BCUT2D eigenvalue weighted by Crippen LogP contribution is -2.51. The molecule has 1 aromatic rings. The minimum absolute atomic E-state index is 0.0758. The summed E-state index contributed by atoms with van der Waals surface area (Å²) in [6.45, 7) is 7.56. The van der Waals surface area contributed by atoms with E-state index in [0.29, 0.717) is 11.5 Å². The number of hydrogen-bond acceptors (Lipinski definition) is 2. The van der Waals surface area contributed by atoms with Gasteiger partial charge in [0.1, 0.15) is 0 Å². The van der Waals surface area contributed by atoms with E-state index in [0.717, 1.165) is 37.9 Å². The molecule has 0 saturated carbocycles. The summed E-state index contributed by atoms with van der Waals surface area (Å²) in [5.41, 5.74) is 1.10. The Bertz CT molecular complexity index is 599.